The summed E-state index contributed by atoms with van der Waals surface area (Å²) in [4.78, 5) is 43.6. The molecule has 100 heavy (non-hydrogen) atoms. The number of pyridine rings is 8. The molecule has 0 aliphatic heterocycles. The van der Waals surface area contributed by atoms with Gasteiger partial charge in [-0.15, -0.1) is 215 Å². The van der Waals surface area contributed by atoms with Crippen LogP contribution in [0.4, 0.5) is 0 Å². The van der Waals surface area contributed by atoms with E-state index >= 15 is 0 Å². The molecule has 0 aliphatic rings. The smallest absolute Gasteiger partial charge is 0.0878 e. The number of nitrogens with zero attached hydrogens (tertiary/aromatic N) is 10. The molecule has 0 saturated carbocycles. The van der Waals surface area contributed by atoms with Crippen molar-refractivity contribution in [2.75, 3.05) is 0 Å². The number of aromatic nitrogens is 10. The second-order valence-corrected chi connectivity index (χ2v) is 22.5. The Hall–Kier alpha value is -10.5. The van der Waals surface area contributed by atoms with Gasteiger partial charge in [-0.3, -0.25) is 19.9 Å². The minimum atomic E-state index is 0. The minimum Gasteiger partial charge on any atom is -0.305 e. The average Bonchev–Trinajstić information content (AvgIpc) is 0.861. The Balaban J connectivity index is 0.000000169. The first-order valence-electron chi connectivity index (χ1n) is 31.8. The Labute approximate surface area is 628 Å². The maximum absolute atomic E-state index is 4.78. The molecule has 0 aliphatic carbocycles. The van der Waals surface area contributed by atoms with Gasteiger partial charge in [0.25, 0.3) is 0 Å². The summed E-state index contributed by atoms with van der Waals surface area (Å²) in [7, 11) is 0. The van der Waals surface area contributed by atoms with Gasteiger partial charge in [0.15, 0.2) is 0 Å². The quantitative estimate of drug-likeness (QED) is 0.115. The summed E-state index contributed by atoms with van der Waals surface area (Å²) >= 11 is 0. The third-order valence-electron chi connectivity index (χ3n) is 14.5. The fourth-order valence-electron chi connectivity index (χ4n) is 9.56. The van der Waals surface area contributed by atoms with Crippen LogP contribution in [0, 0.1) is 63.1 Å². The standard InChI is InChI=1S/C20H19N2.C16H11N2.C15H10N3.3C12H10N.3Ir/c1-15(2)13-18-9-6-10-19(22-18)17-11-12-21-20(14-17)16-7-4-3-5-8-16;1-2-6-13(7-3-1)16-12-14(9-11-18-16)15-8-4-5-10-17-15;1-2-4-12(5-3-1)14-10-13(6-7-17-14)15-11-16-8-9-18-15;3*1-10-7-8-12(13-9-10)11-5-3-2-4-6-11;;;/h3-7,9-12,14-15H,13H2,1-2H3;1-6,8-12H;1-4,6-11H;3*2-5,7-9H,1H3;;;/q6*-1;;;. The van der Waals surface area contributed by atoms with Gasteiger partial charge in [-0.05, 0) is 143 Å². The largest absolute Gasteiger partial charge is 0.305 e. The van der Waals surface area contributed by atoms with E-state index in [0.29, 0.717) is 5.92 Å². The fraction of sp³-hybridized carbons (Fsp3) is 0.0805. The van der Waals surface area contributed by atoms with Gasteiger partial charge in [0.05, 0.1) is 23.3 Å². The molecule has 501 valence electrons. The van der Waals surface area contributed by atoms with Crippen LogP contribution in [-0.4, -0.2) is 49.8 Å². The van der Waals surface area contributed by atoms with Gasteiger partial charge in [-0.2, -0.15) is 0 Å². The third kappa shape index (κ3) is 24.5. The molecule has 0 amide bonds. The first kappa shape index (κ1) is 76.9. The zero-order chi connectivity index (χ0) is 67.1. The predicted molar refractivity (Wildman–Crippen MR) is 391 cm³/mol. The second kappa shape index (κ2) is 41.7. The third-order valence-corrected chi connectivity index (χ3v) is 14.5. The summed E-state index contributed by atoms with van der Waals surface area (Å²) in [5, 5.41) is 0. The van der Waals surface area contributed by atoms with Crippen molar-refractivity contribution in [3.63, 3.8) is 0 Å². The fourth-order valence-corrected chi connectivity index (χ4v) is 9.56. The molecule has 9 aromatic heterocycles. The van der Waals surface area contributed by atoms with E-state index in [9.17, 15) is 0 Å². The molecule has 9 heterocycles. The van der Waals surface area contributed by atoms with E-state index in [2.05, 4.69) is 138 Å². The molecule has 13 heteroatoms. The van der Waals surface area contributed by atoms with Crippen molar-refractivity contribution in [2.45, 2.75) is 41.0 Å². The Morgan fingerprint density at radius 3 is 0.930 bits per heavy atom. The molecular formula is C87H70Ir3N10-6. The average molecular weight is 1830 g/mol. The van der Waals surface area contributed by atoms with Crippen LogP contribution in [0.15, 0.2) is 317 Å². The van der Waals surface area contributed by atoms with Gasteiger partial charge in [0, 0.05) is 122 Å². The molecule has 3 radical (unpaired) electrons. The normalized spacial score (nSPS) is 9.94. The van der Waals surface area contributed by atoms with Crippen molar-refractivity contribution in [2.24, 2.45) is 5.92 Å². The van der Waals surface area contributed by atoms with Crippen LogP contribution in [0.5, 0.6) is 0 Å². The molecule has 0 fully saturated rings. The molecule has 15 rings (SSSR count). The molecule has 0 saturated heterocycles. The topological polar surface area (TPSA) is 129 Å². The number of hydrogen-bond acceptors (Lipinski definition) is 10. The number of hydrogen-bond donors (Lipinski definition) is 0. The molecular weight excluding hydrogens is 1760 g/mol. The van der Waals surface area contributed by atoms with Gasteiger partial charge < -0.3 is 29.9 Å². The SMILES string of the molecule is CC(C)Cc1cccc(-c2ccnc(-c3[c-]cccc3)c2)n1.Cc1ccc(-c2[c-]cccc2)nc1.Cc1ccc(-c2[c-]cccc2)nc1.Cc1ccc(-c2[c-]cccc2)nc1.[Ir].[Ir].[Ir].[c-]1ccccc1-c1cc(-c2ccccn2)ccn1.[c-]1ccccc1-c1cc(-c2cnccn2)ccn1. The van der Waals surface area contributed by atoms with Crippen LogP contribution in [-0.2, 0) is 66.7 Å². The van der Waals surface area contributed by atoms with Crippen LogP contribution in [0.2, 0.25) is 0 Å². The summed E-state index contributed by atoms with van der Waals surface area (Å²) < 4.78 is 0. The molecule has 10 nitrogen and oxygen atoms in total. The van der Waals surface area contributed by atoms with E-state index in [1.54, 1.807) is 37.2 Å². The van der Waals surface area contributed by atoms with Crippen molar-refractivity contribution in [3.8, 4) is 101 Å². The Kier molecular flexibility index (Phi) is 32.1. The molecule has 0 unspecified atom stereocenters. The van der Waals surface area contributed by atoms with Crippen LogP contribution in [0.25, 0.3) is 101 Å². The Bertz CT molecular complexity index is 4310. The molecule has 6 aromatic carbocycles. The Morgan fingerprint density at radius 1 is 0.270 bits per heavy atom. The van der Waals surface area contributed by atoms with Crippen molar-refractivity contribution >= 4 is 0 Å². The van der Waals surface area contributed by atoms with E-state index in [4.69, 9.17) is 4.98 Å². The zero-order valence-corrected chi connectivity index (χ0v) is 63.0. The first-order chi connectivity index (χ1) is 47.7. The maximum Gasteiger partial charge on any atom is 0.0878 e. The minimum absolute atomic E-state index is 0. The van der Waals surface area contributed by atoms with Crippen molar-refractivity contribution < 1.29 is 60.3 Å². The number of benzene rings is 6. The van der Waals surface area contributed by atoms with Gasteiger partial charge in [0.2, 0.25) is 0 Å². The summed E-state index contributed by atoms with van der Waals surface area (Å²) in [6.45, 7) is 10.5. The van der Waals surface area contributed by atoms with Crippen LogP contribution >= 0.6 is 0 Å². The van der Waals surface area contributed by atoms with E-state index in [0.717, 1.165) is 113 Å². The van der Waals surface area contributed by atoms with Crippen molar-refractivity contribution in [3.05, 3.63) is 376 Å². The summed E-state index contributed by atoms with van der Waals surface area (Å²) in [6.07, 6.45) is 18.9. The van der Waals surface area contributed by atoms with Gasteiger partial charge in [-0.25, -0.2) is 0 Å². The van der Waals surface area contributed by atoms with Gasteiger partial charge in [0.1, 0.15) is 0 Å². The molecule has 0 spiro atoms. The number of aryl methyl sites for hydroxylation is 3. The predicted octanol–water partition coefficient (Wildman–Crippen LogP) is 20.0. The monoisotopic (exact) mass is 1830 g/mol. The maximum atomic E-state index is 4.78. The van der Waals surface area contributed by atoms with Crippen molar-refractivity contribution in [1.82, 2.24) is 49.8 Å². The molecule has 0 atom stereocenters. The summed E-state index contributed by atoms with van der Waals surface area (Å²) in [5.74, 6) is 0.606. The van der Waals surface area contributed by atoms with E-state index in [-0.39, 0.29) is 60.3 Å². The van der Waals surface area contributed by atoms with E-state index in [1.807, 2.05) is 258 Å². The van der Waals surface area contributed by atoms with Gasteiger partial charge in [-0.1, -0.05) is 80.6 Å². The van der Waals surface area contributed by atoms with Crippen LogP contribution in [0.1, 0.15) is 36.2 Å². The van der Waals surface area contributed by atoms with Crippen LogP contribution < -0.4 is 0 Å². The van der Waals surface area contributed by atoms with Gasteiger partial charge >= 0.3 is 0 Å². The Morgan fingerprint density at radius 2 is 0.610 bits per heavy atom. The molecule has 0 N–H and O–H groups in total. The zero-order valence-electron chi connectivity index (χ0n) is 55.8. The summed E-state index contributed by atoms with van der Waals surface area (Å²) in [5.41, 5.74) is 22.4. The first-order valence-corrected chi connectivity index (χ1v) is 31.8. The molecule has 0 bridgehead atoms. The van der Waals surface area contributed by atoms with E-state index in [1.165, 1.54) is 16.7 Å². The van der Waals surface area contributed by atoms with E-state index < -0.39 is 0 Å². The van der Waals surface area contributed by atoms with Crippen molar-refractivity contribution in [1.29, 1.82) is 0 Å². The molecule has 15 aromatic rings. The van der Waals surface area contributed by atoms with Crippen LogP contribution in [0.3, 0.4) is 0 Å². The summed E-state index contributed by atoms with van der Waals surface area (Å²) in [6, 6.07) is 102. The number of rotatable bonds is 11. The second-order valence-electron chi connectivity index (χ2n) is 22.5.